The van der Waals surface area contributed by atoms with Crippen molar-refractivity contribution >= 4 is 27.3 Å². The summed E-state index contributed by atoms with van der Waals surface area (Å²) in [6.07, 6.45) is 0.221. The molecule has 1 unspecified atom stereocenters. The van der Waals surface area contributed by atoms with Gasteiger partial charge in [-0.15, -0.1) is 11.3 Å². The molecule has 2 N–H and O–H groups in total. The summed E-state index contributed by atoms with van der Waals surface area (Å²) < 4.78 is 27.1. The molecule has 0 bridgehead atoms. The van der Waals surface area contributed by atoms with E-state index < -0.39 is 22.0 Å². The molecule has 138 valence electrons. The number of benzene rings is 1. The molecule has 7 heteroatoms. The monoisotopic (exact) mass is 391 g/mol. The summed E-state index contributed by atoms with van der Waals surface area (Å²) in [5.74, 6) is 4.89. The molecular weight excluding hydrogens is 370 g/mol. The highest BCUT2D eigenvalue weighted by molar-refractivity contribution is 7.89. The summed E-state index contributed by atoms with van der Waals surface area (Å²) in [6, 6.07) is 8.87. The zero-order valence-electron chi connectivity index (χ0n) is 14.8. The standard InChI is InChI=1S/C19H21NO4S2/c1-13(2)12-18(19(21)22)20-26(23,24)17-10-6-15(7-11-17)5-9-16-8-4-14(3)25-16/h4,6-8,10-11,13,18,20H,12H2,1-3H3,(H,21,22). The van der Waals surface area contributed by atoms with Crippen LogP contribution < -0.4 is 4.72 Å². The van der Waals surface area contributed by atoms with Crippen molar-refractivity contribution < 1.29 is 18.3 Å². The molecule has 1 atom stereocenters. The number of hydrogen-bond donors (Lipinski definition) is 2. The van der Waals surface area contributed by atoms with Crippen LogP contribution in [-0.4, -0.2) is 25.5 Å². The van der Waals surface area contributed by atoms with Crippen molar-refractivity contribution in [2.45, 2.75) is 38.1 Å². The van der Waals surface area contributed by atoms with Crippen LogP contribution in [0.2, 0.25) is 0 Å². The Labute approximate surface area is 158 Å². The first-order valence-electron chi connectivity index (χ1n) is 8.11. The number of thiophene rings is 1. The second kappa shape index (κ2) is 8.49. The van der Waals surface area contributed by atoms with Gasteiger partial charge in [0.15, 0.2) is 0 Å². The highest BCUT2D eigenvalue weighted by Crippen LogP contribution is 2.15. The van der Waals surface area contributed by atoms with Crippen LogP contribution in [0.15, 0.2) is 41.3 Å². The SMILES string of the molecule is Cc1ccc(C#Cc2ccc(S(=O)(=O)NC(CC(C)C)C(=O)O)cc2)s1. The molecule has 0 fully saturated rings. The highest BCUT2D eigenvalue weighted by atomic mass is 32.2. The number of carboxylic acids is 1. The molecule has 0 amide bonds. The molecular formula is C19H21NO4S2. The maximum Gasteiger partial charge on any atom is 0.321 e. The van der Waals surface area contributed by atoms with Gasteiger partial charge in [0, 0.05) is 10.4 Å². The van der Waals surface area contributed by atoms with Crippen molar-refractivity contribution in [3.63, 3.8) is 0 Å². The Hall–Kier alpha value is -2.14. The second-order valence-corrected chi connectivity index (χ2v) is 9.33. The van der Waals surface area contributed by atoms with Crippen molar-refractivity contribution in [1.82, 2.24) is 4.72 Å². The summed E-state index contributed by atoms with van der Waals surface area (Å²) in [6.45, 7) is 5.69. The first kappa shape index (κ1) is 20.2. The van der Waals surface area contributed by atoms with E-state index in [4.69, 9.17) is 0 Å². The van der Waals surface area contributed by atoms with Crippen molar-refractivity contribution in [3.05, 3.63) is 51.7 Å². The molecule has 0 saturated carbocycles. The molecule has 0 aliphatic heterocycles. The number of hydrogen-bond acceptors (Lipinski definition) is 4. The third-order valence-corrected chi connectivity index (χ3v) is 5.94. The van der Waals surface area contributed by atoms with Gasteiger partial charge in [0.25, 0.3) is 0 Å². The third kappa shape index (κ3) is 5.70. The number of carboxylic acid groups (broad SMARTS) is 1. The number of aliphatic carboxylic acids is 1. The van der Waals surface area contributed by atoms with Crippen molar-refractivity contribution in [2.24, 2.45) is 5.92 Å². The quantitative estimate of drug-likeness (QED) is 0.741. The molecule has 0 aliphatic rings. The Balaban J connectivity index is 2.15. The van der Waals surface area contributed by atoms with Gasteiger partial charge in [0.1, 0.15) is 6.04 Å². The Morgan fingerprint density at radius 1 is 1.15 bits per heavy atom. The fourth-order valence-corrected chi connectivity index (χ4v) is 4.20. The number of rotatable bonds is 6. The Morgan fingerprint density at radius 3 is 2.31 bits per heavy atom. The molecule has 2 aromatic rings. The lowest BCUT2D eigenvalue weighted by molar-refractivity contribution is -0.139. The van der Waals surface area contributed by atoms with Gasteiger partial charge in [0.05, 0.1) is 9.77 Å². The number of nitrogens with one attached hydrogen (secondary N) is 1. The Bertz CT molecular complexity index is 932. The van der Waals surface area contributed by atoms with Crippen LogP contribution in [-0.2, 0) is 14.8 Å². The van der Waals surface area contributed by atoms with Gasteiger partial charge in [-0.3, -0.25) is 4.79 Å². The summed E-state index contributed by atoms with van der Waals surface area (Å²) in [5.41, 5.74) is 0.687. The molecule has 2 rings (SSSR count). The second-order valence-electron chi connectivity index (χ2n) is 6.33. The Kier molecular flexibility index (Phi) is 6.59. The minimum Gasteiger partial charge on any atom is -0.480 e. The average molecular weight is 392 g/mol. The van der Waals surface area contributed by atoms with E-state index in [2.05, 4.69) is 16.6 Å². The van der Waals surface area contributed by atoms with E-state index in [1.165, 1.54) is 17.0 Å². The Morgan fingerprint density at radius 2 is 1.81 bits per heavy atom. The van der Waals surface area contributed by atoms with Gasteiger partial charge in [-0.2, -0.15) is 4.72 Å². The van der Waals surface area contributed by atoms with Gasteiger partial charge in [-0.05, 0) is 55.7 Å². The van der Waals surface area contributed by atoms with E-state index >= 15 is 0 Å². The molecule has 0 aliphatic carbocycles. The summed E-state index contributed by atoms with van der Waals surface area (Å²) >= 11 is 1.59. The molecule has 0 spiro atoms. The first-order chi connectivity index (χ1) is 12.2. The van der Waals surface area contributed by atoms with Crippen LogP contribution in [0.4, 0.5) is 0 Å². The lowest BCUT2D eigenvalue weighted by Crippen LogP contribution is -2.41. The van der Waals surface area contributed by atoms with E-state index in [-0.39, 0.29) is 17.2 Å². The zero-order chi connectivity index (χ0) is 19.3. The highest BCUT2D eigenvalue weighted by Gasteiger charge is 2.25. The topological polar surface area (TPSA) is 83.5 Å². The zero-order valence-corrected chi connectivity index (χ0v) is 16.4. The van der Waals surface area contributed by atoms with Gasteiger partial charge < -0.3 is 5.11 Å². The van der Waals surface area contributed by atoms with Crippen molar-refractivity contribution in [1.29, 1.82) is 0 Å². The molecule has 5 nitrogen and oxygen atoms in total. The molecule has 0 saturated heterocycles. The van der Waals surface area contributed by atoms with Crippen LogP contribution >= 0.6 is 11.3 Å². The van der Waals surface area contributed by atoms with E-state index in [0.717, 1.165) is 4.88 Å². The van der Waals surface area contributed by atoms with Gasteiger partial charge >= 0.3 is 5.97 Å². The van der Waals surface area contributed by atoms with Crippen LogP contribution in [0.5, 0.6) is 0 Å². The fourth-order valence-electron chi connectivity index (χ4n) is 2.28. The van der Waals surface area contributed by atoms with Gasteiger partial charge in [-0.25, -0.2) is 8.42 Å². The molecule has 26 heavy (non-hydrogen) atoms. The predicted octanol–water partition coefficient (Wildman–Crippen LogP) is 3.23. The first-order valence-corrected chi connectivity index (χ1v) is 10.4. The lowest BCUT2D eigenvalue weighted by Gasteiger charge is -2.16. The van der Waals surface area contributed by atoms with Gasteiger partial charge in [-0.1, -0.05) is 25.7 Å². The molecule has 1 aromatic carbocycles. The van der Waals surface area contributed by atoms with Crippen molar-refractivity contribution in [3.8, 4) is 11.8 Å². The van der Waals surface area contributed by atoms with E-state index in [0.29, 0.717) is 5.56 Å². The largest absolute Gasteiger partial charge is 0.480 e. The summed E-state index contributed by atoms with van der Waals surface area (Å²) in [4.78, 5) is 13.4. The van der Waals surface area contributed by atoms with E-state index in [1.807, 2.05) is 32.9 Å². The number of carbonyl (C=O) groups is 1. The average Bonchev–Trinajstić information content (AvgIpc) is 2.97. The normalized spacial score (nSPS) is 12.5. The predicted molar refractivity (Wildman–Crippen MR) is 103 cm³/mol. The number of sulfonamides is 1. The van der Waals surface area contributed by atoms with E-state index in [1.54, 1.807) is 23.5 Å². The third-order valence-electron chi connectivity index (χ3n) is 3.54. The lowest BCUT2D eigenvalue weighted by atomic mass is 10.1. The maximum atomic E-state index is 12.4. The van der Waals surface area contributed by atoms with Crippen LogP contribution in [0, 0.1) is 24.7 Å². The van der Waals surface area contributed by atoms with Gasteiger partial charge in [0.2, 0.25) is 10.0 Å². The molecule has 1 aromatic heterocycles. The minimum atomic E-state index is -3.91. The maximum absolute atomic E-state index is 12.4. The van der Waals surface area contributed by atoms with Crippen LogP contribution in [0.1, 0.15) is 35.6 Å². The smallest absolute Gasteiger partial charge is 0.321 e. The minimum absolute atomic E-state index is 0.0185. The summed E-state index contributed by atoms with van der Waals surface area (Å²) in [5, 5.41) is 9.21. The fraction of sp³-hybridized carbons (Fsp3) is 0.316. The van der Waals surface area contributed by atoms with Crippen LogP contribution in [0.3, 0.4) is 0 Å². The molecule has 0 radical (unpaired) electrons. The molecule has 1 heterocycles. The van der Waals surface area contributed by atoms with Crippen molar-refractivity contribution in [2.75, 3.05) is 0 Å². The number of aryl methyl sites for hydroxylation is 1. The van der Waals surface area contributed by atoms with E-state index in [9.17, 15) is 18.3 Å². The van der Waals surface area contributed by atoms with Crippen LogP contribution in [0.25, 0.3) is 0 Å². The summed E-state index contributed by atoms with van der Waals surface area (Å²) in [7, 11) is -3.91.